The second-order valence-electron chi connectivity index (χ2n) is 8.85. The molecule has 1 aromatic carbocycles. The minimum atomic E-state index is -0.218. The van der Waals surface area contributed by atoms with E-state index in [1.807, 2.05) is 12.1 Å². The van der Waals surface area contributed by atoms with Gasteiger partial charge in [-0.3, -0.25) is 4.79 Å². The molecular formula is C21H29BrN2O2. The van der Waals surface area contributed by atoms with Crippen LogP contribution >= 0.6 is 15.9 Å². The standard InChI is InChI=1S/C21H29BrN2O2/c1-19(2)20(3)9-10-21(19,17(20)22)18(25)24-13-11-23(12-14-24)15-5-7-16(26-4)8-6-15/h5-8,17H,9-14H2,1-4H3. The van der Waals surface area contributed by atoms with Gasteiger partial charge < -0.3 is 14.5 Å². The summed E-state index contributed by atoms with van der Waals surface area (Å²) in [6.07, 6.45) is 2.16. The van der Waals surface area contributed by atoms with E-state index in [9.17, 15) is 4.79 Å². The topological polar surface area (TPSA) is 32.8 Å². The number of anilines is 1. The molecule has 3 saturated carbocycles. The number of methoxy groups -OCH3 is 1. The van der Waals surface area contributed by atoms with Crippen LogP contribution in [0.15, 0.2) is 24.3 Å². The highest BCUT2D eigenvalue weighted by molar-refractivity contribution is 9.09. The van der Waals surface area contributed by atoms with Crippen LogP contribution in [0.5, 0.6) is 5.75 Å². The van der Waals surface area contributed by atoms with Crippen molar-refractivity contribution in [1.29, 1.82) is 0 Å². The van der Waals surface area contributed by atoms with Crippen LogP contribution < -0.4 is 9.64 Å². The number of hydrogen-bond acceptors (Lipinski definition) is 3. The Balaban J connectivity index is 1.44. The summed E-state index contributed by atoms with van der Waals surface area (Å²) in [5.41, 5.74) is 1.29. The first-order valence-corrected chi connectivity index (χ1v) is 10.5. The monoisotopic (exact) mass is 420 g/mol. The molecule has 26 heavy (non-hydrogen) atoms. The van der Waals surface area contributed by atoms with Crippen molar-refractivity contribution in [2.45, 2.75) is 38.4 Å². The first-order chi connectivity index (χ1) is 12.3. The zero-order chi connectivity index (χ0) is 18.7. The Bertz CT molecular complexity index is 711. The largest absolute Gasteiger partial charge is 0.497 e. The SMILES string of the molecule is COc1ccc(N2CCN(C(=O)C34CCC(C)(C3Br)C4(C)C)CC2)cc1. The van der Waals surface area contributed by atoms with Gasteiger partial charge in [-0.25, -0.2) is 0 Å². The molecule has 0 N–H and O–H groups in total. The summed E-state index contributed by atoms with van der Waals surface area (Å²) in [4.78, 5) is 18.3. The molecule has 0 aromatic heterocycles. The number of alkyl halides is 1. The van der Waals surface area contributed by atoms with E-state index in [4.69, 9.17) is 4.74 Å². The van der Waals surface area contributed by atoms with Crippen LogP contribution in [0.2, 0.25) is 0 Å². The van der Waals surface area contributed by atoms with Gasteiger partial charge in [-0.15, -0.1) is 0 Å². The number of halogens is 1. The zero-order valence-electron chi connectivity index (χ0n) is 16.2. The summed E-state index contributed by atoms with van der Waals surface area (Å²) >= 11 is 3.90. The lowest BCUT2D eigenvalue weighted by Gasteiger charge is -2.65. The molecule has 3 aliphatic carbocycles. The van der Waals surface area contributed by atoms with Crippen molar-refractivity contribution in [3.05, 3.63) is 24.3 Å². The lowest BCUT2D eigenvalue weighted by molar-refractivity contribution is -0.173. The first-order valence-electron chi connectivity index (χ1n) is 9.60. The minimum absolute atomic E-state index is 0.0678. The molecule has 3 unspecified atom stereocenters. The Hall–Kier alpha value is -1.23. The lowest BCUT2D eigenvalue weighted by Crippen LogP contribution is -2.70. The van der Waals surface area contributed by atoms with Gasteiger partial charge in [0.15, 0.2) is 0 Å². The van der Waals surface area contributed by atoms with Crippen LogP contribution in [0.1, 0.15) is 33.6 Å². The fraction of sp³-hybridized carbons (Fsp3) is 0.667. The molecule has 0 spiro atoms. The van der Waals surface area contributed by atoms with Gasteiger partial charge in [0.2, 0.25) is 5.91 Å². The van der Waals surface area contributed by atoms with Crippen LogP contribution in [0.4, 0.5) is 5.69 Å². The molecule has 1 saturated heterocycles. The second kappa shape index (κ2) is 5.88. The number of carbonyl (C=O) groups excluding carboxylic acids is 1. The van der Waals surface area contributed by atoms with E-state index in [2.05, 4.69) is 58.6 Å². The van der Waals surface area contributed by atoms with Gasteiger partial charge in [-0.05, 0) is 47.9 Å². The van der Waals surface area contributed by atoms with Crippen molar-refractivity contribution >= 4 is 27.5 Å². The Morgan fingerprint density at radius 3 is 2.15 bits per heavy atom. The Labute approximate surface area is 165 Å². The molecule has 1 amide bonds. The highest BCUT2D eigenvalue weighted by Gasteiger charge is 2.80. The maximum absolute atomic E-state index is 13.5. The third-order valence-corrected chi connectivity index (χ3v) is 9.75. The number of rotatable bonds is 3. The van der Waals surface area contributed by atoms with Crippen LogP contribution in [0.3, 0.4) is 0 Å². The number of nitrogens with zero attached hydrogens (tertiary/aromatic N) is 2. The van der Waals surface area contributed by atoms with Crippen LogP contribution in [-0.4, -0.2) is 48.9 Å². The van der Waals surface area contributed by atoms with Gasteiger partial charge in [0.25, 0.3) is 0 Å². The maximum Gasteiger partial charge on any atom is 0.230 e. The summed E-state index contributed by atoms with van der Waals surface area (Å²) < 4.78 is 5.24. The molecule has 5 rings (SSSR count). The third-order valence-electron chi connectivity index (χ3n) is 7.96. The molecular weight excluding hydrogens is 392 g/mol. The average Bonchev–Trinajstić information content (AvgIpc) is 3.08. The fourth-order valence-corrected chi connectivity index (χ4v) is 7.47. The van der Waals surface area contributed by atoms with Crippen molar-refractivity contribution in [3.63, 3.8) is 0 Å². The smallest absolute Gasteiger partial charge is 0.230 e. The van der Waals surface area contributed by atoms with Gasteiger partial charge in [0, 0.05) is 36.7 Å². The number of amides is 1. The fourth-order valence-electron chi connectivity index (χ4n) is 5.67. The molecule has 4 nitrogen and oxygen atoms in total. The number of benzene rings is 1. The highest BCUT2D eigenvalue weighted by Crippen LogP contribution is 2.80. The molecule has 3 atom stereocenters. The summed E-state index contributed by atoms with van der Waals surface area (Å²) in [7, 11) is 1.69. The quantitative estimate of drug-likeness (QED) is 0.694. The Kier molecular flexibility index (Phi) is 4.11. The van der Waals surface area contributed by atoms with Crippen molar-refractivity contribution in [2.24, 2.45) is 16.2 Å². The molecule has 2 bridgehead atoms. The number of ether oxygens (including phenoxy) is 1. The highest BCUT2D eigenvalue weighted by atomic mass is 79.9. The maximum atomic E-state index is 13.5. The Morgan fingerprint density at radius 2 is 1.69 bits per heavy atom. The lowest BCUT2D eigenvalue weighted by atomic mass is 9.43. The van der Waals surface area contributed by atoms with Gasteiger partial charge in [0.05, 0.1) is 12.5 Å². The van der Waals surface area contributed by atoms with Gasteiger partial charge in [0.1, 0.15) is 5.75 Å². The number of carbonyl (C=O) groups is 1. The summed E-state index contributed by atoms with van der Waals surface area (Å²) in [6, 6.07) is 8.19. The molecule has 0 radical (unpaired) electrons. The average molecular weight is 421 g/mol. The number of hydrogen-bond donors (Lipinski definition) is 0. The molecule has 1 heterocycles. The van der Waals surface area contributed by atoms with E-state index in [-0.39, 0.29) is 16.2 Å². The van der Waals surface area contributed by atoms with Crippen LogP contribution in [0.25, 0.3) is 0 Å². The summed E-state index contributed by atoms with van der Waals surface area (Å²) in [5, 5.41) is 0. The van der Waals surface area contributed by atoms with Gasteiger partial charge in [-0.2, -0.15) is 0 Å². The Morgan fingerprint density at radius 1 is 1.08 bits per heavy atom. The van der Waals surface area contributed by atoms with Crippen molar-refractivity contribution in [2.75, 3.05) is 38.2 Å². The van der Waals surface area contributed by atoms with Crippen molar-refractivity contribution < 1.29 is 9.53 Å². The molecule has 4 aliphatic rings. The molecule has 1 aliphatic heterocycles. The van der Waals surface area contributed by atoms with Gasteiger partial charge >= 0.3 is 0 Å². The minimum Gasteiger partial charge on any atom is -0.497 e. The third kappa shape index (κ3) is 2.10. The summed E-state index contributed by atoms with van der Waals surface area (Å²) in [5.74, 6) is 1.25. The van der Waals surface area contributed by atoms with Crippen molar-refractivity contribution in [1.82, 2.24) is 4.90 Å². The van der Waals surface area contributed by atoms with E-state index >= 15 is 0 Å². The molecule has 5 heteroatoms. The predicted molar refractivity (Wildman–Crippen MR) is 108 cm³/mol. The molecule has 142 valence electrons. The van der Waals surface area contributed by atoms with Crippen LogP contribution in [-0.2, 0) is 4.79 Å². The van der Waals surface area contributed by atoms with Crippen LogP contribution in [0, 0.1) is 16.2 Å². The van der Waals surface area contributed by atoms with E-state index in [0.717, 1.165) is 44.8 Å². The van der Waals surface area contributed by atoms with Crippen molar-refractivity contribution in [3.8, 4) is 5.75 Å². The van der Waals surface area contributed by atoms with Gasteiger partial charge in [-0.1, -0.05) is 36.7 Å². The number of fused-ring (bicyclic) bond motifs is 1. The van der Waals surface area contributed by atoms with E-state index in [0.29, 0.717) is 10.7 Å². The zero-order valence-corrected chi connectivity index (χ0v) is 17.8. The predicted octanol–water partition coefficient (Wildman–Crippen LogP) is 3.93. The first kappa shape index (κ1) is 18.1. The molecule has 4 fully saturated rings. The van der Waals surface area contributed by atoms with E-state index < -0.39 is 0 Å². The normalized spacial score (nSPS) is 35.2. The molecule has 1 aromatic rings. The van der Waals surface area contributed by atoms with E-state index in [1.165, 1.54) is 5.69 Å². The number of piperazine rings is 1. The summed E-state index contributed by atoms with van der Waals surface area (Å²) in [6.45, 7) is 10.3. The van der Waals surface area contributed by atoms with E-state index in [1.54, 1.807) is 7.11 Å². The second-order valence-corrected chi connectivity index (χ2v) is 9.77.